The van der Waals surface area contributed by atoms with Crippen molar-refractivity contribution in [2.45, 2.75) is 37.4 Å². The molecule has 1 rings (SSSR count). The summed E-state index contributed by atoms with van der Waals surface area (Å²) in [6, 6.07) is 0. The van der Waals surface area contributed by atoms with Crippen molar-refractivity contribution in [3.8, 4) is 11.5 Å². The van der Waals surface area contributed by atoms with Gasteiger partial charge in [0.2, 0.25) is 0 Å². The number of thioether (sulfide) groups is 1. The maximum absolute atomic E-state index is 3.54. The van der Waals surface area contributed by atoms with E-state index in [9.17, 15) is 0 Å². The van der Waals surface area contributed by atoms with Crippen molar-refractivity contribution in [1.29, 1.82) is 0 Å². The monoisotopic (exact) mass is 227 g/mol. The van der Waals surface area contributed by atoms with Crippen LogP contribution < -0.4 is 0 Å². The molecule has 3 heteroatoms. The predicted molar refractivity (Wildman–Crippen MR) is 69.2 cm³/mol. The third-order valence-electron chi connectivity index (χ3n) is 2.60. The fourth-order valence-corrected chi connectivity index (χ4v) is 3.26. The molecule has 0 aromatic heterocycles. The van der Waals surface area contributed by atoms with Crippen LogP contribution in [-0.2, 0) is 0 Å². The van der Waals surface area contributed by atoms with E-state index in [0.717, 1.165) is 0 Å². The smallest absolute Gasteiger partial charge is 0.129 e. The lowest BCUT2D eigenvalue weighted by molar-refractivity contribution is 0.336. The average molecular weight is 227 g/mol. The molecule has 1 heterocycles. The first-order chi connectivity index (χ1) is 6.40. The van der Waals surface area contributed by atoms with Crippen LogP contribution in [0.2, 0.25) is 19.6 Å². The highest BCUT2D eigenvalue weighted by atomic mass is 32.2. The van der Waals surface area contributed by atoms with Crippen LogP contribution in [-0.4, -0.2) is 37.7 Å². The van der Waals surface area contributed by atoms with Crippen LogP contribution in [0.1, 0.15) is 12.8 Å². The molecular weight excluding hydrogens is 206 g/mol. The van der Waals surface area contributed by atoms with Gasteiger partial charge in [0.15, 0.2) is 0 Å². The molecule has 14 heavy (non-hydrogen) atoms. The summed E-state index contributed by atoms with van der Waals surface area (Å²) in [5.74, 6) is 3.54. The highest BCUT2D eigenvalue weighted by Crippen LogP contribution is 2.36. The van der Waals surface area contributed by atoms with E-state index in [1.807, 2.05) is 11.8 Å². The summed E-state index contributed by atoms with van der Waals surface area (Å²) in [5, 5.41) is 0. The Morgan fingerprint density at radius 2 is 2.00 bits per heavy atom. The SMILES string of the molecule is CSC1(C#C[Si](C)(C)C)CCCN1C. The average Bonchev–Trinajstić information content (AvgIpc) is 2.43. The van der Waals surface area contributed by atoms with Gasteiger partial charge in [-0.1, -0.05) is 25.6 Å². The number of likely N-dealkylation sites (tertiary alicyclic amines) is 1. The Kier molecular flexibility index (Phi) is 3.73. The summed E-state index contributed by atoms with van der Waals surface area (Å²) >= 11 is 1.90. The Hall–Kier alpha value is 0.0869. The first kappa shape index (κ1) is 12.2. The molecule has 1 aliphatic rings. The second-order valence-electron chi connectivity index (χ2n) is 5.01. The Morgan fingerprint density at radius 3 is 2.36 bits per heavy atom. The second-order valence-corrected chi connectivity index (χ2v) is 10.8. The quantitative estimate of drug-likeness (QED) is 0.500. The molecule has 1 saturated heterocycles. The summed E-state index contributed by atoms with van der Waals surface area (Å²) in [6.45, 7) is 8.12. The van der Waals surface area contributed by atoms with Crippen LogP contribution in [0.5, 0.6) is 0 Å². The van der Waals surface area contributed by atoms with Crippen LogP contribution in [0.15, 0.2) is 0 Å². The minimum atomic E-state index is -1.22. The number of rotatable bonds is 1. The van der Waals surface area contributed by atoms with E-state index in [1.54, 1.807) is 0 Å². The first-order valence-electron chi connectivity index (χ1n) is 5.20. The van der Waals surface area contributed by atoms with Crippen LogP contribution in [0.25, 0.3) is 0 Å². The summed E-state index contributed by atoms with van der Waals surface area (Å²) in [4.78, 5) is 2.53. The van der Waals surface area contributed by atoms with Gasteiger partial charge < -0.3 is 0 Å². The van der Waals surface area contributed by atoms with Crippen molar-refractivity contribution in [2.75, 3.05) is 19.8 Å². The van der Waals surface area contributed by atoms with E-state index in [4.69, 9.17) is 0 Å². The van der Waals surface area contributed by atoms with Crippen molar-refractivity contribution in [1.82, 2.24) is 4.90 Å². The van der Waals surface area contributed by atoms with Gasteiger partial charge in [-0.05, 0) is 26.1 Å². The molecule has 1 fully saturated rings. The standard InChI is InChI=1S/C11H21NSSi/c1-12-9-6-7-11(12,13-2)8-10-14(3,4)5/h6-7,9H2,1-5H3. The van der Waals surface area contributed by atoms with Gasteiger partial charge in [0.05, 0.1) is 0 Å². The van der Waals surface area contributed by atoms with Gasteiger partial charge in [-0.2, -0.15) is 0 Å². The summed E-state index contributed by atoms with van der Waals surface area (Å²) in [7, 11) is 0.978. The van der Waals surface area contributed by atoms with Gasteiger partial charge in [0.1, 0.15) is 12.9 Å². The normalized spacial score (nSPS) is 28.6. The van der Waals surface area contributed by atoms with Crippen molar-refractivity contribution in [2.24, 2.45) is 0 Å². The lowest BCUT2D eigenvalue weighted by Crippen LogP contribution is -2.37. The number of nitrogens with zero attached hydrogens (tertiary/aromatic N) is 1. The molecule has 1 atom stereocenters. The molecule has 1 nitrogen and oxygen atoms in total. The third kappa shape index (κ3) is 2.79. The van der Waals surface area contributed by atoms with E-state index >= 15 is 0 Å². The van der Waals surface area contributed by atoms with Crippen LogP contribution in [0, 0.1) is 11.5 Å². The van der Waals surface area contributed by atoms with Crippen molar-refractivity contribution in [3.05, 3.63) is 0 Å². The van der Waals surface area contributed by atoms with Gasteiger partial charge in [-0.3, -0.25) is 4.90 Å². The molecule has 0 radical (unpaired) electrons. The van der Waals surface area contributed by atoms with Crippen molar-refractivity contribution < 1.29 is 0 Å². The van der Waals surface area contributed by atoms with Crippen LogP contribution in [0.3, 0.4) is 0 Å². The van der Waals surface area contributed by atoms with Crippen molar-refractivity contribution >= 4 is 19.8 Å². The lowest BCUT2D eigenvalue weighted by Gasteiger charge is -2.29. The minimum absolute atomic E-state index is 0.125. The molecule has 0 amide bonds. The molecule has 0 aliphatic carbocycles. The zero-order valence-corrected chi connectivity index (χ0v) is 11.8. The van der Waals surface area contributed by atoms with Gasteiger partial charge in [-0.15, -0.1) is 17.3 Å². The molecule has 0 N–H and O–H groups in total. The summed E-state index contributed by atoms with van der Waals surface area (Å²) < 4.78 is 0. The summed E-state index contributed by atoms with van der Waals surface area (Å²) in [6.07, 6.45) is 4.70. The molecular formula is C11H21NSSi. The Balaban J connectivity index is 2.85. The van der Waals surface area contributed by atoms with E-state index in [0.29, 0.717) is 0 Å². The molecule has 0 saturated carbocycles. The van der Waals surface area contributed by atoms with Gasteiger partial charge >= 0.3 is 0 Å². The Labute approximate surface area is 93.6 Å². The van der Waals surface area contributed by atoms with Crippen LogP contribution in [0.4, 0.5) is 0 Å². The third-order valence-corrected chi connectivity index (χ3v) is 4.76. The molecule has 0 bridgehead atoms. The lowest BCUT2D eigenvalue weighted by atomic mass is 10.2. The molecule has 1 unspecified atom stereocenters. The topological polar surface area (TPSA) is 3.24 Å². The first-order valence-corrected chi connectivity index (χ1v) is 9.93. The Bertz CT molecular complexity index is 261. The fourth-order valence-electron chi connectivity index (χ4n) is 1.68. The number of hydrogen-bond donors (Lipinski definition) is 0. The van der Waals surface area contributed by atoms with Crippen LogP contribution >= 0.6 is 11.8 Å². The van der Waals surface area contributed by atoms with Gasteiger partial charge in [0, 0.05) is 6.54 Å². The van der Waals surface area contributed by atoms with E-state index < -0.39 is 8.07 Å². The zero-order valence-electron chi connectivity index (χ0n) is 9.98. The zero-order chi connectivity index (χ0) is 10.8. The van der Waals surface area contributed by atoms with E-state index in [-0.39, 0.29) is 4.87 Å². The molecule has 0 aromatic rings. The van der Waals surface area contributed by atoms with Crippen molar-refractivity contribution in [3.63, 3.8) is 0 Å². The largest absolute Gasteiger partial charge is 0.282 e. The van der Waals surface area contributed by atoms with E-state index in [2.05, 4.69) is 49.3 Å². The molecule has 1 aliphatic heterocycles. The van der Waals surface area contributed by atoms with Gasteiger partial charge in [0.25, 0.3) is 0 Å². The highest BCUT2D eigenvalue weighted by molar-refractivity contribution is 8.00. The summed E-state index contributed by atoms with van der Waals surface area (Å²) in [5.41, 5.74) is 3.51. The Morgan fingerprint density at radius 1 is 1.36 bits per heavy atom. The fraction of sp³-hybridized carbons (Fsp3) is 0.818. The molecule has 0 spiro atoms. The minimum Gasteiger partial charge on any atom is -0.282 e. The maximum Gasteiger partial charge on any atom is 0.129 e. The molecule has 0 aromatic carbocycles. The predicted octanol–water partition coefficient (Wildman–Crippen LogP) is 2.65. The highest BCUT2D eigenvalue weighted by Gasteiger charge is 2.36. The number of hydrogen-bond acceptors (Lipinski definition) is 2. The second kappa shape index (κ2) is 4.30. The maximum atomic E-state index is 3.54. The van der Waals surface area contributed by atoms with Gasteiger partial charge in [-0.25, -0.2) is 0 Å². The molecule has 80 valence electrons. The van der Waals surface area contributed by atoms with E-state index in [1.165, 1.54) is 19.4 Å².